The molecule has 2 amide bonds. The van der Waals surface area contributed by atoms with Crippen LogP contribution in [0, 0.1) is 0 Å². The zero-order valence-electron chi connectivity index (χ0n) is 18.3. The predicted octanol–water partition coefficient (Wildman–Crippen LogP) is 2.53. The van der Waals surface area contributed by atoms with Crippen LogP contribution in [0.5, 0.6) is 0 Å². The molecule has 0 unspecified atom stereocenters. The number of nitrogens with zero attached hydrogens (tertiary/aromatic N) is 1. The Balaban J connectivity index is 1.59. The molecule has 0 radical (unpaired) electrons. The molecule has 9 nitrogen and oxygen atoms in total. The molecule has 0 saturated carbocycles. The van der Waals surface area contributed by atoms with Gasteiger partial charge in [-0.2, -0.15) is 0 Å². The van der Waals surface area contributed by atoms with Crippen LogP contribution in [-0.2, 0) is 34.3 Å². The number of hydrogen-bond acceptors (Lipinski definition) is 6. The van der Waals surface area contributed by atoms with Crippen LogP contribution in [0.4, 0.5) is 10.5 Å². The number of fused-ring (bicyclic) bond motifs is 1. The number of nitrogens with two attached hydrogens (primary N) is 1. The van der Waals surface area contributed by atoms with E-state index in [0.29, 0.717) is 24.3 Å². The van der Waals surface area contributed by atoms with E-state index in [0.717, 1.165) is 16.7 Å². The zero-order valence-corrected chi connectivity index (χ0v) is 19.2. The summed E-state index contributed by atoms with van der Waals surface area (Å²) >= 11 is 0. The summed E-state index contributed by atoms with van der Waals surface area (Å²) in [6.45, 7) is 6.22. The number of aryl methyl sites for hydroxylation is 1. The second-order valence-electron chi connectivity index (χ2n) is 8.66. The van der Waals surface area contributed by atoms with Crippen LogP contribution < -0.4 is 16.0 Å². The van der Waals surface area contributed by atoms with Gasteiger partial charge in [0, 0.05) is 24.3 Å². The fourth-order valence-corrected chi connectivity index (χ4v) is 4.40. The van der Waals surface area contributed by atoms with Crippen LogP contribution in [0.25, 0.3) is 0 Å². The predicted molar refractivity (Wildman–Crippen MR) is 121 cm³/mol. The second kappa shape index (κ2) is 9.17. The first kappa shape index (κ1) is 23.6. The number of hydrazine groups is 1. The molecule has 0 saturated heterocycles. The fraction of sp³-hybridized carbons (Fsp3) is 0.364. The quantitative estimate of drug-likeness (QED) is 0.345. The van der Waals surface area contributed by atoms with Crippen molar-refractivity contribution < 1.29 is 22.7 Å². The van der Waals surface area contributed by atoms with Gasteiger partial charge in [0.1, 0.15) is 5.60 Å². The number of nitrogen functional groups attached to an aromatic ring is 1. The molecule has 1 aliphatic heterocycles. The van der Waals surface area contributed by atoms with Crippen LogP contribution in [0.3, 0.4) is 0 Å². The summed E-state index contributed by atoms with van der Waals surface area (Å²) in [5.74, 6) is 4.57. The van der Waals surface area contributed by atoms with E-state index in [1.165, 1.54) is 0 Å². The minimum Gasteiger partial charge on any atom is -0.444 e. The molecule has 0 atom stereocenters. The van der Waals surface area contributed by atoms with E-state index in [-0.39, 0.29) is 12.2 Å². The minimum atomic E-state index is -3.59. The Morgan fingerprint density at radius 3 is 2.34 bits per heavy atom. The first-order valence-electron chi connectivity index (χ1n) is 10.2. The molecule has 0 fully saturated rings. The molecular formula is C22H28N4O5S. The fourth-order valence-electron chi connectivity index (χ4n) is 3.30. The lowest BCUT2D eigenvalue weighted by molar-refractivity contribution is 0.0241. The highest BCUT2D eigenvalue weighted by Gasteiger charge is 2.28. The lowest BCUT2D eigenvalue weighted by Crippen LogP contribution is -2.33. The van der Waals surface area contributed by atoms with Gasteiger partial charge in [0.05, 0.1) is 5.75 Å². The largest absolute Gasteiger partial charge is 0.444 e. The van der Waals surface area contributed by atoms with Gasteiger partial charge in [0.2, 0.25) is 10.0 Å². The summed E-state index contributed by atoms with van der Waals surface area (Å²) in [7, 11) is -3.59. The smallest absolute Gasteiger partial charge is 0.410 e. The maximum Gasteiger partial charge on any atom is 0.410 e. The third-order valence-electron chi connectivity index (χ3n) is 4.86. The molecule has 4 N–H and O–H groups in total. The highest BCUT2D eigenvalue weighted by molar-refractivity contribution is 7.92. The van der Waals surface area contributed by atoms with Gasteiger partial charge in [0.25, 0.3) is 5.91 Å². The molecule has 0 bridgehead atoms. The molecule has 2 aromatic carbocycles. The third kappa shape index (κ3) is 6.21. The van der Waals surface area contributed by atoms with Crippen LogP contribution in [0.15, 0.2) is 42.5 Å². The number of amides is 2. The number of rotatable bonds is 6. The molecular weight excluding hydrogens is 432 g/mol. The Morgan fingerprint density at radius 2 is 1.72 bits per heavy atom. The van der Waals surface area contributed by atoms with Crippen molar-refractivity contribution in [2.24, 2.45) is 5.84 Å². The van der Waals surface area contributed by atoms with Crippen molar-refractivity contribution in [1.29, 1.82) is 0 Å². The van der Waals surface area contributed by atoms with Gasteiger partial charge < -0.3 is 4.74 Å². The number of anilines is 1. The van der Waals surface area contributed by atoms with Crippen molar-refractivity contribution in [3.63, 3.8) is 0 Å². The Bertz CT molecular complexity index is 1110. The number of sulfonamides is 1. The van der Waals surface area contributed by atoms with Crippen molar-refractivity contribution in [3.05, 3.63) is 64.7 Å². The summed E-state index contributed by atoms with van der Waals surface area (Å²) in [5, 5.41) is 0. The van der Waals surface area contributed by atoms with E-state index in [1.54, 1.807) is 41.3 Å². The van der Waals surface area contributed by atoms with Crippen molar-refractivity contribution in [1.82, 2.24) is 10.3 Å². The van der Waals surface area contributed by atoms with E-state index in [9.17, 15) is 18.0 Å². The second-order valence-corrected chi connectivity index (χ2v) is 10.5. The summed E-state index contributed by atoms with van der Waals surface area (Å²) in [4.78, 5) is 25.4. The number of nitrogens with one attached hydrogen (secondary N) is 2. The molecule has 10 heteroatoms. The maximum atomic E-state index is 12.5. The Labute approximate surface area is 187 Å². The van der Waals surface area contributed by atoms with Crippen molar-refractivity contribution in [3.8, 4) is 0 Å². The number of carbonyl (C=O) groups is 2. The maximum absolute atomic E-state index is 12.5. The average Bonchev–Trinajstić information content (AvgIpc) is 3.14. The highest BCUT2D eigenvalue weighted by Crippen LogP contribution is 2.27. The molecule has 172 valence electrons. The lowest BCUT2D eigenvalue weighted by atomic mass is 10.1. The average molecular weight is 461 g/mol. The van der Waals surface area contributed by atoms with E-state index in [2.05, 4.69) is 4.72 Å². The number of carbonyl (C=O) groups excluding carboxylic acids is 2. The van der Waals surface area contributed by atoms with E-state index in [1.807, 2.05) is 32.3 Å². The summed E-state index contributed by atoms with van der Waals surface area (Å²) in [6, 6.07) is 11.8. The van der Waals surface area contributed by atoms with E-state index >= 15 is 0 Å². The summed E-state index contributed by atoms with van der Waals surface area (Å²) in [6.07, 6.45) is -0.109. The Kier molecular flexibility index (Phi) is 6.75. The zero-order chi connectivity index (χ0) is 23.5. The molecule has 32 heavy (non-hydrogen) atoms. The SMILES string of the molecule is CC(C)(C)OC(=O)N1Cc2ccc(NS(=O)(=O)CCc3ccc(C(=O)NN)cc3)cc2C1. The standard InChI is InChI=1S/C22H28N4O5S/c1-22(2,3)31-21(28)26-13-17-8-9-19(12-18(17)14-26)25-32(29,30)11-10-15-4-6-16(7-5-15)20(27)24-23/h4-9,12,25H,10-11,13-14,23H2,1-3H3,(H,24,27). The van der Waals surface area contributed by atoms with Gasteiger partial charge in [-0.1, -0.05) is 18.2 Å². The molecule has 2 aromatic rings. The first-order chi connectivity index (χ1) is 15.0. The molecule has 0 spiro atoms. The number of hydrogen-bond donors (Lipinski definition) is 3. The minimum absolute atomic E-state index is 0.115. The van der Waals surface area contributed by atoms with Gasteiger partial charge in [0.15, 0.2) is 0 Å². The van der Waals surface area contributed by atoms with E-state index in [4.69, 9.17) is 10.6 Å². The monoisotopic (exact) mass is 460 g/mol. The summed E-state index contributed by atoms with van der Waals surface area (Å²) in [5.41, 5.74) is 4.94. The van der Waals surface area contributed by atoms with Gasteiger partial charge in [-0.05, 0) is 68.1 Å². The summed E-state index contributed by atoms with van der Waals surface area (Å²) < 4.78 is 33.1. The molecule has 1 heterocycles. The first-order valence-corrected chi connectivity index (χ1v) is 11.8. The van der Waals surface area contributed by atoms with Crippen molar-refractivity contribution >= 4 is 27.7 Å². The van der Waals surface area contributed by atoms with Crippen LogP contribution in [-0.4, -0.2) is 36.7 Å². The highest BCUT2D eigenvalue weighted by atomic mass is 32.2. The molecule has 1 aliphatic rings. The van der Waals surface area contributed by atoms with Gasteiger partial charge >= 0.3 is 6.09 Å². The van der Waals surface area contributed by atoms with Crippen LogP contribution in [0.2, 0.25) is 0 Å². The van der Waals surface area contributed by atoms with E-state index < -0.39 is 27.6 Å². The topological polar surface area (TPSA) is 131 Å². The normalized spacial score (nSPS) is 13.4. The molecule has 0 aliphatic carbocycles. The Morgan fingerprint density at radius 1 is 1.06 bits per heavy atom. The van der Waals surface area contributed by atoms with Crippen molar-refractivity contribution in [2.45, 2.75) is 45.9 Å². The van der Waals surface area contributed by atoms with Gasteiger partial charge in [-0.3, -0.25) is 19.8 Å². The van der Waals surface area contributed by atoms with Gasteiger partial charge in [-0.15, -0.1) is 0 Å². The van der Waals surface area contributed by atoms with Crippen LogP contribution >= 0.6 is 0 Å². The number of benzene rings is 2. The molecule has 3 rings (SSSR count). The van der Waals surface area contributed by atoms with Crippen LogP contribution in [0.1, 0.15) is 47.8 Å². The van der Waals surface area contributed by atoms with Crippen molar-refractivity contribution in [2.75, 3.05) is 10.5 Å². The molecule has 0 aromatic heterocycles. The number of ether oxygens (including phenoxy) is 1. The van der Waals surface area contributed by atoms with Gasteiger partial charge in [-0.25, -0.2) is 19.1 Å². The third-order valence-corrected chi connectivity index (χ3v) is 6.15. The Hall–Kier alpha value is -3.11. The lowest BCUT2D eigenvalue weighted by Gasteiger charge is -2.24.